The lowest BCUT2D eigenvalue weighted by Gasteiger charge is -2.27. The van der Waals surface area contributed by atoms with Gasteiger partial charge in [-0.25, -0.2) is 0 Å². The summed E-state index contributed by atoms with van der Waals surface area (Å²) in [4.78, 5) is 2.51. The number of hydrogen-bond donors (Lipinski definition) is 1. The minimum Gasteiger partial charge on any atom is -0.327 e. The number of nitrogens with two attached hydrogens (primary N) is 1. The third kappa shape index (κ3) is 2.58. The van der Waals surface area contributed by atoms with E-state index in [1.54, 1.807) is 0 Å². The van der Waals surface area contributed by atoms with Crippen molar-refractivity contribution in [1.82, 2.24) is 4.90 Å². The average Bonchev–Trinajstić information content (AvgIpc) is 2.67. The monoisotopic (exact) mass is 204 g/mol. The van der Waals surface area contributed by atoms with E-state index in [4.69, 9.17) is 5.73 Å². The zero-order valence-electron chi connectivity index (χ0n) is 9.39. The van der Waals surface area contributed by atoms with Gasteiger partial charge in [0, 0.05) is 18.6 Å². The van der Waals surface area contributed by atoms with Crippen LogP contribution >= 0.6 is 0 Å². The van der Waals surface area contributed by atoms with Crippen LogP contribution in [0.15, 0.2) is 30.3 Å². The minimum absolute atomic E-state index is 0.288. The molecule has 2 rings (SSSR count). The average molecular weight is 204 g/mol. The lowest BCUT2D eigenvalue weighted by atomic mass is 10.1. The quantitative estimate of drug-likeness (QED) is 0.816. The number of hydrogen-bond acceptors (Lipinski definition) is 2. The summed E-state index contributed by atoms with van der Waals surface area (Å²) in [6, 6.07) is 11.5. The first-order chi connectivity index (χ1) is 7.27. The summed E-state index contributed by atoms with van der Waals surface area (Å²) in [7, 11) is 0. The molecule has 15 heavy (non-hydrogen) atoms. The predicted octanol–water partition coefficient (Wildman–Crippen LogP) is 2.00. The van der Waals surface area contributed by atoms with E-state index in [1.807, 2.05) is 0 Å². The summed E-state index contributed by atoms with van der Waals surface area (Å²) < 4.78 is 0. The Morgan fingerprint density at radius 1 is 1.40 bits per heavy atom. The van der Waals surface area contributed by atoms with Crippen LogP contribution in [0.4, 0.5) is 0 Å². The van der Waals surface area contributed by atoms with Crippen molar-refractivity contribution in [3.8, 4) is 0 Å². The maximum Gasteiger partial charge on any atom is 0.0248 e. The number of benzene rings is 1. The molecule has 1 unspecified atom stereocenters. The van der Waals surface area contributed by atoms with Gasteiger partial charge >= 0.3 is 0 Å². The van der Waals surface area contributed by atoms with E-state index in [1.165, 1.54) is 24.9 Å². The highest BCUT2D eigenvalue weighted by Crippen LogP contribution is 2.21. The molecule has 0 aromatic heterocycles. The highest BCUT2D eigenvalue weighted by Gasteiger charge is 2.26. The highest BCUT2D eigenvalue weighted by atomic mass is 15.2. The Morgan fingerprint density at radius 2 is 2.13 bits per heavy atom. The molecular weight excluding hydrogens is 184 g/mol. The second-order valence-electron chi connectivity index (χ2n) is 4.52. The summed E-state index contributed by atoms with van der Waals surface area (Å²) in [5.74, 6) is 0. The van der Waals surface area contributed by atoms with E-state index in [-0.39, 0.29) is 6.04 Å². The Hall–Kier alpha value is -0.860. The van der Waals surface area contributed by atoms with Crippen LogP contribution in [-0.2, 0) is 6.54 Å². The van der Waals surface area contributed by atoms with Gasteiger partial charge in [0.2, 0.25) is 0 Å². The van der Waals surface area contributed by atoms with Crippen molar-refractivity contribution in [3.63, 3.8) is 0 Å². The van der Waals surface area contributed by atoms with Gasteiger partial charge in [0.05, 0.1) is 0 Å². The molecule has 0 bridgehead atoms. The molecule has 1 saturated heterocycles. The Kier molecular flexibility index (Phi) is 3.39. The van der Waals surface area contributed by atoms with Crippen LogP contribution in [0.2, 0.25) is 0 Å². The highest BCUT2D eigenvalue weighted by molar-refractivity contribution is 5.14. The van der Waals surface area contributed by atoms with Gasteiger partial charge < -0.3 is 5.73 Å². The van der Waals surface area contributed by atoms with Crippen LogP contribution in [0.3, 0.4) is 0 Å². The van der Waals surface area contributed by atoms with Gasteiger partial charge in [-0.05, 0) is 31.9 Å². The molecule has 0 amide bonds. The molecule has 0 spiro atoms. The molecule has 2 atom stereocenters. The third-order valence-electron chi connectivity index (χ3n) is 3.25. The molecule has 1 aliphatic rings. The first kappa shape index (κ1) is 10.7. The molecule has 1 aromatic carbocycles. The van der Waals surface area contributed by atoms with E-state index < -0.39 is 0 Å². The molecule has 1 aliphatic heterocycles. The predicted molar refractivity (Wildman–Crippen MR) is 63.5 cm³/mol. The van der Waals surface area contributed by atoms with Crippen molar-refractivity contribution in [2.24, 2.45) is 5.73 Å². The zero-order chi connectivity index (χ0) is 10.7. The van der Waals surface area contributed by atoms with Gasteiger partial charge in [0.25, 0.3) is 0 Å². The van der Waals surface area contributed by atoms with E-state index in [0.717, 1.165) is 6.54 Å². The van der Waals surface area contributed by atoms with Crippen molar-refractivity contribution >= 4 is 0 Å². The van der Waals surface area contributed by atoms with Gasteiger partial charge in [-0.1, -0.05) is 30.3 Å². The van der Waals surface area contributed by atoms with E-state index in [0.29, 0.717) is 6.04 Å². The number of nitrogens with zero attached hydrogens (tertiary/aromatic N) is 1. The summed E-state index contributed by atoms with van der Waals surface area (Å²) in [6.07, 6.45) is 2.55. The fourth-order valence-electron chi connectivity index (χ4n) is 2.46. The van der Waals surface area contributed by atoms with Crippen molar-refractivity contribution < 1.29 is 0 Å². The van der Waals surface area contributed by atoms with Gasteiger partial charge in [-0.2, -0.15) is 0 Å². The maximum absolute atomic E-state index is 6.00. The van der Waals surface area contributed by atoms with Crippen molar-refractivity contribution in [3.05, 3.63) is 35.9 Å². The Labute approximate surface area is 92.1 Å². The van der Waals surface area contributed by atoms with Crippen LogP contribution in [0.25, 0.3) is 0 Å². The Morgan fingerprint density at radius 3 is 2.80 bits per heavy atom. The largest absolute Gasteiger partial charge is 0.327 e. The van der Waals surface area contributed by atoms with Crippen molar-refractivity contribution in [1.29, 1.82) is 0 Å². The second kappa shape index (κ2) is 4.77. The van der Waals surface area contributed by atoms with Crippen LogP contribution in [0.1, 0.15) is 25.3 Å². The minimum atomic E-state index is 0.288. The SMILES string of the molecule is C[C@@H](N)C1CCCN1Cc1ccccc1. The number of likely N-dealkylation sites (tertiary alicyclic amines) is 1. The maximum atomic E-state index is 6.00. The first-order valence-electron chi connectivity index (χ1n) is 5.81. The zero-order valence-corrected chi connectivity index (χ0v) is 9.39. The van der Waals surface area contributed by atoms with E-state index in [9.17, 15) is 0 Å². The third-order valence-corrected chi connectivity index (χ3v) is 3.25. The molecule has 2 nitrogen and oxygen atoms in total. The summed E-state index contributed by atoms with van der Waals surface area (Å²) in [5.41, 5.74) is 7.39. The number of rotatable bonds is 3. The molecule has 2 heteroatoms. The standard InChI is InChI=1S/C13H20N2/c1-11(14)13-8-5-9-15(13)10-12-6-3-2-4-7-12/h2-4,6-7,11,13H,5,8-10,14H2,1H3/t11-,13?/m1/s1. The van der Waals surface area contributed by atoms with Gasteiger partial charge in [0.15, 0.2) is 0 Å². The lowest BCUT2D eigenvalue weighted by Crippen LogP contribution is -2.41. The Bertz CT molecular complexity index is 295. The summed E-state index contributed by atoms with van der Waals surface area (Å²) >= 11 is 0. The fourth-order valence-corrected chi connectivity index (χ4v) is 2.46. The van der Waals surface area contributed by atoms with E-state index >= 15 is 0 Å². The van der Waals surface area contributed by atoms with Crippen LogP contribution < -0.4 is 5.73 Å². The van der Waals surface area contributed by atoms with Gasteiger partial charge in [-0.3, -0.25) is 4.90 Å². The molecule has 1 fully saturated rings. The van der Waals surface area contributed by atoms with Crippen LogP contribution in [0, 0.1) is 0 Å². The van der Waals surface area contributed by atoms with Crippen molar-refractivity contribution in [2.45, 2.75) is 38.4 Å². The second-order valence-corrected chi connectivity index (χ2v) is 4.52. The molecule has 0 saturated carbocycles. The van der Waals surface area contributed by atoms with Crippen LogP contribution in [-0.4, -0.2) is 23.5 Å². The van der Waals surface area contributed by atoms with E-state index in [2.05, 4.69) is 42.2 Å². The molecule has 0 radical (unpaired) electrons. The summed E-state index contributed by atoms with van der Waals surface area (Å²) in [6.45, 7) is 4.36. The molecule has 82 valence electrons. The molecular formula is C13H20N2. The topological polar surface area (TPSA) is 29.3 Å². The van der Waals surface area contributed by atoms with Crippen molar-refractivity contribution in [2.75, 3.05) is 6.54 Å². The Balaban J connectivity index is 2.00. The molecule has 2 N–H and O–H groups in total. The fraction of sp³-hybridized carbons (Fsp3) is 0.538. The first-order valence-corrected chi connectivity index (χ1v) is 5.81. The smallest absolute Gasteiger partial charge is 0.0248 e. The molecule has 0 aliphatic carbocycles. The van der Waals surface area contributed by atoms with Crippen LogP contribution in [0.5, 0.6) is 0 Å². The lowest BCUT2D eigenvalue weighted by molar-refractivity contribution is 0.222. The molecule has 1 heterocycles. The normalized spacial score (nSPS) is 24.3. The van der Waals surface area contributed by atoms with Gasteiger partial charge in [-0.15, -0.1) is 0 Å². The molecule has 1 aromatic rings. The van der Waals surface area contributed by atoms with Gasteiger partial charge in [0.1, 0.15) is 0 Å². The summed E-state index contributed by atoms with van der Waals surface area (Å²) in [5, 5.41) is 0.